The Kier molecular flexibility index (Phi) is 5.03. The molecule has 0 saturated heterocycles. The third kappa shape index (κ3) is 3.98. The van der Waals surface area contributed by atoms with E-state index in [4.69, 9.17) is 0 Å². The van der Waals surface area contributed by atoms with Crippen LogP contribution in [0.3, 0.4) is 0 Å². The fourth-order valence-electron chi connectivity index (χ4n) is 1.45. The van der Waals surface area contributed by atoms with Crippen LogP contribution in [0.25, 0.3) is 6.08 Å². The molecule has 1 amide bonds. The molecule has 0 atom stereocenters. The number of carbonyl (C=O) groups is 2. The third-order valence-electron chi connectivity index (χ3n) is 2.52. The lowest BCUT2D eigenvalue weighted by Gasteiger charge is -1.98. The Morgan fingerprint density at radius 3 is 2.75 bits per heavy atom. The van der Waals surface area contributed by atoms with Gasteiger partial charge in [0.05, 0.1) is 17.8 Å². The highest BCUT2D eigenvalue weighted by Crippen LogP contribution is 2.33. The molecule has 0 unspecified atom stereocenters. The molecular weight excluding hydrogens is 294 g/mol. The van der Waals surface area contributed by atoms with Crippen molar-refractivity contribution in [2.24, 2.45) is 4.99 Å². The molecule has 1 aromatic carbocycles. The minimum absolute atomic E-state index is 0.160. The van der Waals surface area contributed by atoms with Crippen LogP contribution in [0.1, 0.15) is 11.1 Å². The van der Waals surface area contributed by atoms with E-state index in [0.29, 0.717) is 9.28 Å². The Morgan fingerprint density at radius 2 is 2.10 bits per heavy atom. The lowest BCUT2D eigenvalue weighted by atomic mass is 10.1. The molecular formula is C14H13NO3S2. The Balaban J connectivity index is 2.01. The Bertz CT molecular complexity index is 591. The maximum atomic E-state index is 11.8. The van der Waals surface area contributed by atoms with Gasteiger partial charge >= 0.3 is 5.97 Å². The van der Waals surface area contributed by atoms with Crippen LogP contribution < -0.4 is 0 Å². The fourth-order valence-corrected chi connectivity index (χ4v) is 3.28. The lowest BCUT2D eigenvalue weighted by molar-refractivity contribution is -0.137. The van der Waals surface area contributed by atoms with Crippen LogP contribution in [-0.2, 0) is 14.3 Å². The summed E-state index contributed by atoms with van der Waals surface area (Å²) in [6, 6.07) is 7.89. The van der Waals surface area contributed by atoms with E-state index in [-0.39, 0.29) is 17.6 Å². The van der Waals surface area contributed by atoms with Gasteiger partial charge in [0.2, 0.25) is 0 Å². The summed E-state index contributed by atoms with van der Waals surface area (Å²) in [5.74, 6) is -0.433. The number of amides is 1. The van der Waals surface area contributed by atoms with Crippen LogP contribution >= 0.6 is 23.5 Å². The molecule has 1 heterocycles. The molecule has 0 spiro atoms. The van der Waals surface area contributed by atoms with E-state index in [2.05, 4.69) is 9.73 Å². The number of thioether (sulfide) groups is 2. The van der Waals surface area contributed by atoms with Gasteiger partial charge < -0.3 is 4.74 Å². The summed E-state index contributed by atoms with van der Waals surface area (Å²) in [7, 11) is 1.33. The van der Waals surface area contributed by atoms with Crippen LogP contribution in [0.2, 0.25) is 0 Å². The monoisotopic (exact) mass is 307 g/mol. The quantitative estimate of drug-likeness (QED) is 0.635. The van der Waals surface area contributed by atoms with Crippen molar-refractivity contribution in [3.63, 3.8) is 0 Å². The maximum absolute atomic E-state index is 11.8. The highest BCUT2D eigenvalue weighted by atomic mass is 32.2. The molecule has 1 aliphatic heterocycles. The number of aryl methyl sites for hydroxylation is 1. The molecule has 0 N–H and O–H groups in total. The number of hydrogen-bond acceptors (Lipinski definition) is 5. The zero-order chi connectivity index (χ0) is 14.5. The van der Waals surface area contributed by atoms with Crippen LogP contribution in [-0.4, -0.2) is 29.1 Å². The molecule has 6 heteroatoms. The smallest absolute Gasteiger partial charge is 0.316 e. The fraction of sp³-hybridized carbons (Fsp3) is 0.214. The summed E-state index contributed by atoms with van der Waals surface area (Å²) in [4.78, 5) is 27.3. The predicted molar refractivity (Wildman–Crippen MR) is 83.7 cm³/mol. The Labute approximate surface area is 125 Å². The molecule has 20 heavy (non-hydrogen) atoms. The minimum Gasteiger partial charge on any atom is -0.468 e. The number of esters is 1. The van der Waals surface area contributed by atoms with Gasteiger partial charge in [-0.25, -0.2) is 0 Å². The second kappa shape index (κ2) is 6.76. The van der Waals surface area contributed by atoms with Crippen molar-refractivity contribution < 1.29 is 14.3 Å². The molecule has 0 saturated carbocycles. The molecule has 4 nitrogen and oxygen atoms in total. The van der Waals surface area contributed by atoms with E-state index >= 15 is 0 Å². The molecule has 2 rings (SSSR count). The van der Waals surface area contributed by atoms with Crippen LogP contribution in [0, 0.1) is 6.92 Å². The second-order valence-corrected chi connectivity index (χ2v) is 6.32. The molecule has 0 radical (unpaired) electrons. The first-order chi connectivity index (χ1) is 9.58. The standard InChI is InChI=1S/C14H13NO3S2/c1-9-3-5-10(6-4-9)7-11-13(17)15-14(20-11)19-8-12(16)18-2/h3-7H,8H2,1-2H3/b11-7+. The average molecular weight is 307 g/mol. The topological polar surface area (TPSA) is 55.7 Å². The number of carbonyl (C=O) groups excluding carboxylic acids is 2. The van der Waals surface area contributed by atoms with Gasteiger partial charge in [0.15, 0.2) is 0 Å². The summed E-state index contributed by atoms with van der Waals surface area (Å²) in [6.45, 7) is 2.01. The van der Waals surface area contributed by atoms with Gasteiger partial charge in [-0.2, -0.15) is 4.99 Å². The third-order valence-corrected chi connectivity index (χ3v) is 4.62. The zero-order valence-electron chi connectivity index (χ0n) is 11.1. The van der Waals surface area contributed by atoms with E-state index in [1.807, 2.05) is 37.3 Å². The van der Waals surface area contributed by atoms with Crippen LogP contribution in [0.15, 0.2) is 34.2 Å². The first-order valence-corrected chi connectivity index (χ1v) is 7.67. The van der Waals surface area contributed by atoms with Crippen molar-refractivity contribution in [1.29, 1.82) is 0 Å². The summed E-state index contributed by atoms with van der Waals surface area (Å²) >= 11 is 2.50. The van der Waals surface area contributed by atoms with E-state index in [9.17, 15) is 9.59 Å². The lowest BCUT2D eigenvalue weighted by Crippen LogP contribution is -2.04. The van der Waals surface area contributed by atoms with Gasteiger partial charge in [-0.1, -0.05) is 53.4 Å². The molecule has 1 aromatic rings. The van der Waals surface area contributed by atoms with Gasteiger partial charge in [-0.05, 0) is 18.6 Å². The van der Waals surface area contributed by atoms with Gasteiger partial charge in [-0.3, -0.25) is 9.59 Å². The van der Waals surface area contributed by atoms with Gasteiger partial charge in [0.1, 0.15) is 4.38 Å². The molecule has 1 aliphatic rings. The van der Waals surface area contributed by atoms with Gasteiger partial charge in [0, 0.05) is 0 Å². The van der Waals surface area contributed by atoms with Gasteiger partial charge in [0.25, 0.3) is 5.91 Å². The van der Waals surface area contributed by atoms with Crippen molar-refractivity contribution >= 4 is 45.9 Å². The Hall–Kier alpha value is -1.53. The van der Waals surface area contributed by atoms with E-state index in [0.717, 1.165) is 5.56 Å². The van der Waals surface area contributed by atoms with Gasteiger partial charge in [-0.15, -0.1) is 0 Å². The maximum Gasteiger partial charge on any atom is 0.316 e. The highest BCUT2D eigenvalue weighted by molar-refractivity contribution is 8.41. The van der Waals surface area contributed by atoms with Crippen molar-refractivity contribution in [1.82, 2.24) is 0 Å². The highest BCUT2D eigenvalue weighted by Gasteiger charge is 2.22. The van der Waals surface area contributed by atoms with Crippen LogP contribution in [0.4, 0.5) is 0 Å². The number of aliphatic imine (C=N–C) groups is 1. The van der Waals surface area contributed by atoms with Crippen molar-refractivity contribution in [2.75, 3.05) is 12.9 Å². The Morgan fingerprint density at radius 1 is 1.40 bits per heavy atom. The number of nitrogens with zero attached hydrogens (tertiary/aromatic N) is 1. The predicted octanol–water partition coefficient (Wildman–Crippen LogP) is 2.87. The average Bonchev–Trinajstić information content (AvgIpc) is 2.79. The van der Waals surface area contributed by atoms with Crippen molar-refractivity contribution in [2.45, 2.75) is 6.92 Å². The largest absolute Gasteiger partial charge is 0.468 e. The van der Waals surface area contributed by atoms with E-state index < -0.39 is 0 Å². The van der Waals surface area contributed by atoms with Crippen LogP contribution in [0.5, 0.6) is 0 Å². The first kappa shape index (κ1) is 14.9. The van der Waals surface area contributed by atoms with E-state index in [1.165, 1.54) is 36.2 Å². The second-order valence-electron chi connectivity index (χ2n) is 4.07. The molecule has 104 valence electrons. The number of rotatable bonds is 3. The first-order valence-electron chi connectivity index (χ1n) is 5.87. The minimum atomic E-state index is -0.332. The molecule has 0 fully saturated rings. The SMILES string of the molecule is COC(=O)CSC1=NC(=O)/C(=C\c2ccc(C)cc2)S1. The molecule has 0 bridgehead atoms. The number of benzene rings is 1. The molecule has 0 aliphatic carbocycles. The molecule has 0 aromatic heterocycles. The summed E-state index contributed by atoms with van der Waals surface area (Å²) in [5, 5.41) is 0. The summed E-state index contributed by atoms with van der Waals surface area (Å²) in [6.07, 6.45) is 1.81. The number of methoxy groups -OCH3 is 1. The number of hydrogen-bond donors (Lipinski definition) is 0. The van der Waals surface area contributed by atoms with Crippen molar-refractivity contribution in [3.05, 3.63) is 40.3 Å². The number of ether oxygens (including phenoxy) is 1. The van der Waals surface area contributed by atoms with Crippen molar-refractivity contribution in [3.8, 4) is 0 Å². The summed E-state index contributed by atoms with van der Waals surface area (Å²) in [5.41, 5.74) is 2.13. The zero-order valence-corrected chi connectivity index (χ0v) is 12.7. The summed E-state index contributed by atoms with van der Waals surface area (Å²) < 4.78 is 5.13. The van der Waals surface area contributed by atoms with E-state index in [1.54, 1.807) is 0 Å². The normalized spacial score (nSPS) is 16.4.